The van der Waals surface area contributed by atoms with Crippen LogP contribution in [0, 0.1) is 0 Å². The van der Waals surface area contributed by atoms with Crippen molar-refractivity contribution in [3.8, 4) is 17.2 Å². The normalized spacial score (nSPS) is 11.2. The summed E-state index contributed by atoms with van der Waals surface area (Å²) in [6, 6.07) is 18.4. The molecule has 5 rings (SSSR count). The lowest BCUT2D eigenvalue weighted by molar-refractivity contribution is 0.262. The molecule has 0 aliphatic rings. The molecule has 4 N–H and O–H groups in total. The van der Waals surface area contributed by atoms with Crippen molar-refractivity contribution in [2.24, 2.45) is 0 Å². The number of urea groups is 1. The number of nitrogens with zero attached hydrogens (tertiary/aromatic N) is 4. The first-order valence-electron chi connectivity index (χ1n) is 12.5. The Hall–Kier alpha value is -4.86. The number of nitrogens with one attached hydrogen (secondary N) is 4. The Morgan fingerprint density at radius 3 is 2.53 bits per heavy atom. The van der Waals surface area contributed by atoms with Crippen LogP contribution in [0.4, 0.5) is 22.1 Å². The van der Waals surface area contributed by atoms with Gasteiger partial charge in [-0.1, -0.05) is 13.8 Å². The van der Waals surface area contributed by atoms with Gasteiger partial charge in [0.25, 0.3) is 0 Å². The fourth-order valence-electron chi connectivity index (χ4n) is 3.90. The highest BCUT2D eigenvalue weighted by Gasteiger charge is 2.15. The third kappa shape index (κ3) is 5.75. The summed E-state index contributed by atoms with van der Waals surface area (Å²) in [7, 11) is 0. The van der Waals surface area contributed by atoms with E-state index < -0.39 is 0 Å². The minimum atomic E-state index is -0.377. The van der Waals surface area contributed by atoms with Crippen LogP contribution < -0.4 is 20.7 Å². The average molecular weight is 511 g/mol. The van der Waals surface area contributed by atoms with Crippen molar-refractivity contribution in [3.05, 3.63) is 78.8 Å². The maximum atomic E-state index is 12.9. The van der Waals surface area contributed by atoms with Crippen molar-refractivity contribution in [2.45, 2.75) is 39.7 Å². The number of aromatic amines is 1. The van der Waals surface area contributed by atoms with Crippen LogP contribution >= 0.6 is 0 Å². The van der Waals surface area contributed by atoms with Crippen LogP contribution in [0.15, 0.2) is 73.1 Å². The number of amides is 2. The number of anilines is 3. The Kier molecular flexibility index (Phi) is 6.94. The molecule has 0 aliphatic heterocycles. The molecule has 10 heteroatoms. The second-order valence-corrected chi connectivity index (χ2v) is 9.54. The van der Waals surface area contributed by atoms with Gasteiger partial charge < -0.3 is 15.4 Å². The van der Waals surface area contributed by atoms with Gasteiger partial charge in [-0.05, 0) is 68.3 Å². The van der Waals surface area contributed by atoms with Crippen molar-refractivity contribution in [1.82, 2.24) is 25.0 Å². The van der Waals surface area contributed by atoms with Gasteiger partial charge >= 0.3 is 6.03 Å². The Balaban J connectivity index is 1.27. The van der Waals surface area contributed by atoms with E-state index in [-0.39, 0.29) is 18.0 Å². The Morgan fingerprint density at radius 2 is 1.76 bits per heavy atom. The molecule has 0 unspecified atom stereocenters. The van der Waals surface area contributed by atoms with Crippen LogP contribution in [0.5, 0.6) is 11.5 Å². The first kappa shape index (κ1) is 24.8. The summed E-state index contributed by atoms with van der Waals surface area (Å²) in [5.41, 5.74) is 3.25. The SMILES string of the molecule is CC(C)Nc1cc(Oc2ccc(NC(=O)Nc3cc(C(C)C)nn3-c3ccc4[nH]ncc4c3)cc2)ccn1. The number of H-pyrrole nitrogens is 1. The molecule has 3 aromatic heterocycles. The van der Waals surface area contributed by atoms with Gasteiger partial charge in [0.05, 0.1) is 23.1 Å². The Bertz CT molecular complexity index is 1550. The van der Waals surface area contributed by atoms with Gasteiger partial charge in [-0.3, -0.25) is 10.4 Å². The van der Waals surface area contributed by atoms with Crippen molar-refractivity contribution < 1.29 is 9.53 Å². The molecule has 194 valence electrons. The lowest BCUT2D eigenvalue weighted by Gasteiger charge is -2.12. The molecule has 0 aliphatic carbocycles. The summed E-state index contributed by atoms with van der Waals surface area (Å²) in [4.78, 5) is 17.2. The van der Waals surface area contributed by atoms with Gasteiger partial charge in [0.15, 0.2) is 0 Å². The number of hydrogen-bond acceptors (Lipinski definition) is 6. The molecule has 0 fully saturated rings. The molecule has 3 heterocycles. The molecule has 2 aromatic carbocycles. The highest BCUT2D eigenvalue weighted by molar-refractivity contribution is 5.99. The average Bonchev–Trinajstić information content (AvgIpc) is 3.52. The number of aromatic nitrogens is 5. The van der Waals surface area contributed by atoms with E-state index in [1.54, 1.807) is 47.4 Å². The zero-order valence-corrected chi connectivity index (χ0v) is 21.7. The number of benzene rings is 2. The van der Waals surface area contributed by atoms with Crippen LogP contribution in [-0.4, -0.2) is 37.0 Å². The topological polar surface area (TPSA) is 122 Å². The smallest absolute Gasteiger partial charge is 0.324 e. The minimum absolute atomic E-state index is 0.197. The number of hydrogen-bond donors (Lipinski definition) is 4. The number of rotatable bonds is 8. The zero-order chi connectivity index (χ0) is 26.6. The molecule has 38 heavy (non-hydrogen) atoms. The van der Waals surface area contributed by atoms with Crippen molar-refractivity contribution in [2.75, 3.05) is 16.0 Å². The van der Waals surface area contributed by atoms with Gasteiger partial charge in [-0.15, -0.1) is 0 Å². The van der Waals surface area contributed by atoms with E-state index in [4.69, 9.17) is 9.84 Å². The quantitative estimate of drug-likeness (QED) is 0.188. The second kappa shape index (κ2) is 10.6. The van der Waals surface area contributed by atoms with Crippen LogP contribution in [0.3, 0.4) is 0 Å². The summed E-state index contributed by atoms with van der Waals surface area (Å²) in [5, 5.41) is 21.8. The standard InChI is InChI=1S/C28H30N8O2/c1-17(2)25-15-27(36(35-25)21-7-10-24-19(13-21)16-30-34-24)33-28(37)32-20-5-8-22(9-6-20)38-23-11-12-29-26(14-23)31-18(3)4/h5-18H,1-4H3,(H,29,31)(H,30,34)(H2,32,33,37). The Labute approximate surface area is 220 Å². The molecule has 0 atom stereocenters. The largest absolute Gasteiger partial charge is 0.457 e. The van der Waals surface area contributed by atoms with E-state index in [1.807, 2.05) is 44.2 Å². The first-order chi connectivity index (χ1) is 18.3. The predicted molar refractivity (Wildman–Crippen MR) is 149 cm³/mol. The molecular formula is C28H30N8O2. The molecule has 0 radical (unpaired) electrons. The third-order valence-corrected chi connectivity index (χ3v) is 5.75. The summed E-state index contributed by atoms with van der Waals surface area (Å²) in [6.07, 6.45) is 3.46. The van der Waals surface area contributed by atoms with E-state index in [2.05, 4.69) is 45.0 Å². The van der Waals surface area contributed by atoms with Crippen LogP contribution in [0.25, 0.3) is 16.6 Å². The van der Waals surface area contributed by atoms with Crippen molar-refractivity contribution in [3.63, 3.8) is 0 Å². The molecule has 0 spiro atoms. The highest BCUT2D eigenvalue weighted by atomic mass is 16.5. The zero-order valence-electron chi connectivity index (χ0n) is 21.7. The maximum absolute atomic E-state index is 12.9. The molecular weight excluding hydrogens is 480 g/mol. The molecule has 5 aromatic rings. The van der Waals surface area contributed by atoms with E-state index in [1.165, 1.54) is 0 Å². The van der Waals surface area contributed by atoms with E-state index >= 15 is 0 Å². The van der Waals surface area contributed by atoms with Crippen LogP contribution in [0.2, 0.25) is 0 Å². The lowest BCUT2D eigenvalue weighted by atomic mass is 10.1. The maximum Gasteiger partial charge on any atom is 0.324 e. The lowest BCUT2D eigenvalue weighted by Crippen LogP contribution is -2.21. The number of carbonyl (C=O) groups excluding carboxylic acids is 1. The molecule has 0 saturated carbocycles. The fourth-order valence-corrected chi connectivity index (χ4v) is 3.90. The van der Waals surface area contributed by atoms with Crippen molar-refractivity contribution in [1.29, 1.82) is 0 Å². The summed E-state index contributed by atoms with van der Waals surface area (Å²) >= 11 is 0. The van der Waals surface area contributed by atoms with Gasteiger partial charge in [-0.25, -0.2) is 14.5 Å². The number of ether oxygens (including phenoxy) is 1. The highest BCUT2D eigenvalue weighted by Crippen LogP contribution is 2.26. The number of fused-ring (bicyclic) bond motifs is 1. The molecule has 2 amide bonds. The van der Waals surface area contributed by atoms with Gasteiger partial charge in [0.1, 0.15) is 23.1 Å². The van der Waals surface area contributed by atoms with Gasteiger partial charge in [0.2, 0.25) is 0 Å². The monoisotopic (exact) mass is 510 g/mol. The first-order valence-corrected chi connectivity index (χ1v) is 12.5. The van der Waals surface area contributed by atoms with Gasteiger partial charge in [-0.2, -0.15) is 10.2 Å². The van der Waals surface area contributed by atoms with E-state index in [9.17, 15) is 4.79 Å². The third-order valence-electron chi connectivity index (χ3n) is 5.75. The van der Waals surface area contributed by atoms with Crippen molar-refractivity contribution >= 4 is 34.3 Å². The summed E-state index contributed by atoms with van der Waals surface area (Å²) in [6.45, 7) is 8.22. The molecule has 0 saturated heterocycles. The number of pyridine rings is 1. The van der Waals surface area contributed by atoms with Crippen LogP contribution in [0.1, 0.15) is 39.3 Å². The summed E-state index contributed by atoms with van der Waals surface area (Å²) < 4.78 is 7.68. The fraction of sp³-hybridized carbons (Fsp3) is 0.214. The van der Waals surface area contributed by atoms with E-state index in [0.29, 0.717) is 23.0 Å². The number of carbonyl (C=O) groups is 1. The minimum Gasteiger partial charge on any atom is -0.457 e. The predicted octanol–water partition coefficient (Wildman–Crippen LogP) is 6.52. The molecule has 0 bridgehead atoms. The van der Waals surface area contributed by atoms with Gasteiger partial charge in [0, 0.05) is 35.4 Å². The summed E-state index contributed by atoms with van der Waals surface area (Å²) in [5.74, 6) is 2.83. The van der Waals surface area contributed by atoms with Crippen LogP contribution in [-0.2, 0) is 0 Å². The van der Waals surface area contributed by atoms with E-state index in [0.717, 1.165) is 28.1 Å². The molecule has 10 nitrogen and oxygen atoms in total. The Morgan fingerprint density at radius 1 is 0.947 bits per heavy atom. The second-order valence-electron chi connectivity index (χ2n) is 9.54.